The van der Waals surface area contributed by atoms with E-state index < -0.39 is 0 Å². The number of hydrazone groups is 1. The van der Waals surface area contributed by atoms with E-state index in [-0.39, 0.29) is 0 Å². The molecular formula is C14H13ClN4S2. The molecule has 0 aliphatic carbocycles. The second-order valence-electron chi connectivity index (χ2n) is 4.60. The van der Waals surface area contributed by atoms with Crippen molar-refractivity contribution in [2.75, 3.05) is 5.43 Å². The Hall–Kier alpha value is -1.50. The third kappa shape index (κ3) is 2.79. The lowest BCUT2D eigenvalue weighted by Crippen LogP contribution is -2.00. The van der Waals surface area contributed by atoms with Crippen LogP contribution in [0.1, 0.15) is 22.2 Å². The molecule has 3 heterocycles. The molecule has 0 bridgehead atoms. The minimum atomic E-state index is 0.740. The van der Waals surface area contributed by atoms with Gasteiger partial charge >= 0.3 is 0 Å². The number of nitrogens with one attached hydrogen (secondary N) is 1. The molecule has 0 amide bonds. The lowest BCUT2D eigenvalue weighted by atomic mass is 10.2. The molecule has 0 unspecified atom stereocenters. The van der Waals surface area contributed by atoms with Gasteiger partial charge in [-0.25, -0.2) is 9.97 Å². The van der Waals surface area contributed by atoms with Crippen molar-refractivity contribution in [3.8, 4) is 0 Å². The molecule has 3 rings (SSSR count). The van der Waals surface area contributed by atoms with E-state index in [4.69, 9.17) is 11.6 Å². The third-order valence-corrected chi connectivity index (χ3v) is 5.68. The van der Waals surface area contributed by atoms with Gasteiger partial charge in [0.15, 0.2) is 5.82 Å². The molecule has 0 atom stereocenters. The van der Waals surface area contributed by atoms with Crippen molar-refractivity contribution in [1.29, 1.82) is 0 Å². The van der Waals surface area contributed by atoms with Crippen molar-refractivity contribution in [2.45, 2.75) is 20.8 Å². The Morgan fingerprint density at radius 1 is 1.24 bits per heavy atom. The molecule has 0 fully saturated rings. The van der Waals surface area contributed by atoms with Gasteiger partial charge in [0.1, 0.15) is 11.2 Å². The molecule has 108 valence electrons. The first-order valence-electron chi connectivity index (χ1n) is 6.33. The molecular weight excluding hydrogens is 324 g/mol. The van der Waals surface area contributed by atoms with Crippen molar-refractivity contribution in [2.24, 2.45) is 5.10 Å². The van der Waals surface area contributed by atoms with Gasteiger partial charge in [0.25, 0.3) is 0 Å². The summed E-state index contributed by atoms with van der Waals surface area (Å²) in [5, 5.41) is 5.45. The highest BCUT2D eigenvalue weighted by molar-refractivity contribution is 7.19. The van der Waals surface area contributed by atoms with Crippen LogP contribution in [0.4, 0.5) is 5.82 Å². The molecule has 1 N–H and O–H groups in total. The van der Waals surface area contributed by atoms with E-state index in [1.165, 1.54) is 21.8 Å². The zero-order chi connectivity index (χ0) is 15.0. The molecule has 3 aromatic rings. The lowest BCUT2D eigenvalue weighted by molar-refractivity contribution is 1.18. The van der Waals surface area contributed by atoms with Crippen LogP contribution in [0.3, 0.4) is 0 Å². The van der Waals surface area contributed by atoms with Crippen molar-refractivity contribution < 1.29 is 0 Å². The van der Waals surface area contributed by atoms with Crippen LogP contribution in [0.25, 0.3) is 10.2 Å². The van der Waals surface area contributed by atoms with Gasteiger partial charge in [-0.15, -0.1) is 22.7 Å². The van der Waals surface area contributed by atoms with Crippen LogP contribution in [-0.2, 0) is 0 Å². The predicted molar refractivity (Wildman–Crippen MR) is 92.1 cm³/mol. The molecule has 21 heavy (non-hydrogen) atoms. The van der Waals surface area contributed by atoms with Gasteiger partial charge in [0.2, 0.25) is 0 Å². The quantitative estimate of drug-likeness (QED) is 0.549. The first-order chi connectivity index (χ1) is 10.1. The van der Waals surface area contributed by atoms with E-state index >= 15 is 0 Å². The number of halogens is 1. The van der Waals surface area contributed by atoms with Crippen LogP contribution >= 0.6 is 34.3 Å². The monoisotopic (exact) mass is 336 g/mol. The van der Waals surface area contributed by atoms with Crippen LogP contribution in [0.15, 0.2) is 23.6 Å². The fourth-order valence-electron chi connectivity index (χ4n) is 1.97. The second kappa shape index (κ2) is 5.71. The van der Waals surface area contributed by atoms with E-state index in [0.29, 0.717) is 0 Å². The normalized spacial score (nSPS) is 12.1. The van der Waals surface area contributed by atoms with Crippen LogP contribution in [-0.4, -0.2) is 15.7 Å². The van der Waals surface area contributed by atoms with E-state index in [2.05, 4.69) is 34.3 Å². The van der Waals surface area contributed by atoms with E-state index in [1.54, 1.807) is 17.7 Å². The Balaban J connectivity index is 1.95. The summed E-state index contributed by atoms with van der Waals surface area (Å²) in [6.07, 6.45) is 1.56. The number of aryl methyl sites for hydroxylation is 2. The van der Waals surface area contributed by atoms with Crippen LogP contribution in [0, 0.1) is 13.8 Å². The molecule has 0 saturated carbocycles. The standard InChI is InChI=1S/C14H13ClN4S2/c1-7-9(3)20-14-12(7)13(16-6-17-14)19-18-8(2)10-4-5-11(15)21-10/h4-6H,1-3H3,(H,16,17,19)/b18-8+. The number of hydrogen-bond donors (Lipinski definition) is 1. The Bertz CT molecular complexity index is 835. The first kappa shape index (κ1) is 14.4. The molecule has 0 saturated heterocycles. The Morgan fingerprint density at radius 2 is 2.05 bits per heavy atom. The van der Waals surface area contributed by atoms with Crippen LogP contribution < -0.4 is 5.43 Å². The molecule has 7 heteroatoms. The molecule has 0 aliphatic rings. The van der Waals surface area contributed by atoms with Crippen molar-refractivity contribution >= 4 is 56.0 Å². The van der Waals surface area contributed by atoms with Crippen LogP contribution in [0.2, 0.25) is 4.34 Å². The number of fused-ring (bicyclic) bond motifs is 1. The maximum absolute atomic E-state index is 5.95. The van der Waals surface area contributed by atoms with E-state index in [1.807, 2.05) is 19.1 Å². The maximum Gasteiger partial charge on any atom is 0.158 e. The Kier molecular flexibility index (Phi) is 3.93. The van der Waals surface area contributed by atoms with Gasteiger partial charge in [-0.1, -0.05) is 11.6 Å². The second-order valence-corrected chi connectivity index (χ2v) is 7.52. The number of nitrogens with zero attached hydrogens (tertiary/aromatic N) is 3. The average molecular weight is 337 g/mol. The zero-order valence-electron chi connectivity index (χ0n) is 11.8. The largest absolute Gasteiger partial charge is 0.260 e. The van der Waals surface area contributed by atoms with Gasteiger partial charge in [-0.2, -0.15) is 5.10 Å². The summed E-state index contributed by atoms with van der Waals surface area (Å²) >= 11 is 9.12. The number of rotatable bonds is 3. The fraction of sp³-hybridized carbons (Fsp3) is 0.214. The Labute approximate surface area is 135 Å². The summed E-state index contributed by atoms with van der Waals surface area (Å²) in [5.74, 6) is 0.740. The minimum absolute atomic E-state index is 0.740. The number of anilines is 1. The third-order valence-electron chi connectivity index (χ3n) is 3.22. The predicted octanol–water partition coefficient (Wildman–Crippen LogP) is 4.86. The molecule has 0 aliphatic heterocycles. The molecule has 3 aromatic heterocycles. The van der Waals surface area contributed by atoms with Crippen LogP contribution in [0.5, 0.6) is 0 Å². The van der Waals surface area contributed by atoms with Gasteiger partial charge in [0, 0.05) is 4.88 Å². The van der Waals surface area contributed by atoms with E-state index in [9.17, 15) is 0 Å². The highest BCUT2D eigenvalue weighted by Gasteiger charge is 2.11. The summed E-state index contributed by atoms with van der Waals surface area (Å²) in [7, 11) is 0. The van der Waals surface area contributed by atoms with Gasteiger partial charge in [0.05, 0.1) is 20.3 Å². The maximum atomic E-state index is 5.95. The minimum Gasteiger partial charge on any atom is -0.260 e. The van der Waals surface area contributed by atoms with Crippen molar-refractivity contribution in [1.82, 2.24) is 9.97 Å². The van der Waals surface area contributed by atoms with Crippen molar-refractivity contribution in [3.63, 3.8) is 0 Å². The SMILES string of the molecule is C/C(=N\Nc1ncnc2sc(C)c(C)c12)c1ccc(Cl)s1. The highest BCUT2D eigenvalue weighted by atomic mass is 35.5. The summed E-state index contributed by atoms with van der Waals surface area (Å²) in [6, 6.07) is 3.83. The average Bonchev–Trinajstić information content (AvgIpc) is 3.01. The molecule has 0 radical (unpaired) electrons. The molecule has 0 aromatic carbocycles. The molecule has 0 spiro atoms. The van der Waals surface area contributed by atoms with E-state index in [0.717, 1.165) is 31.0 Å². The summed E-state index contributed by atoms with van der Waals surface area (Å²) < 4.78 is 0.758. The van der Waals surface area contributed by atoms with Gasteiger partial charge in [-0.3, -0.25) is 5.43 Å². The number of thiophene rings is 2. The lowest BCUT2D eigenvalue weighted by Gasteiger charge is -2.03. The summed E-state index contributed by atoms with van der Waals surface area (Å²) in [5.41, 5.74) is 5.13. The van der Waals surface area contributed by atoms with Gasteiger partial charge in [-0.05, 0) is 38.5 Å². The topological polar surface area (TPSA) is 50.2 Å². The smallest absolute Gasteiger partial charge is 0.158 e. The fourth-order valence-corrected chi connectivity index (χ4v) is 3.95. The van der Waals surface area contributed by atoms with Gasteiger partial charge < -0.3 is 0 Å². The zero-order valence-corrected chi connectivity index (χ0v) is 14.2. The summed E-state index contributed by atoms with van der Waals surface area (Å²) in [4.78, 5) is 11.9. The molecule has 4 nitrogen and oxygen atoms in total. The highest BCUT2D eigenvalue weighted by Crippen LogP contribution is 2.32. The number of hydrogen-bond acceptors (Lipinski definition) is 6. The summed E-state index contributed by atoms with van der Waals surface area (Å²) in [6.45, 7) is 6.12. The first-order valence-corrected chi connectivity index (χ1v) is 8.34. The number of aromatic nitrogens is 2. The van der Waals surface area contributed by atoms with Crippen molar-refractivity contribution in [3.05, 3.63) is 38.1 Å². The Morgan fingerprint density at radius 3 is 2.76 bits per heavy atom.